The molecule has 0 spiro atoms. The Balaban J connectivity index is 1.94. The summed E-state index contributed by atoms with van der Waals surface area (Å²) in [5.74, 6) is -0.135. The molecule has 1 aromatic carbocycles. The number of benzene rings is 1. The number of aryl methyl sites for hydroxylation is 1. The summed E-state index contributed by atoms with van der Waals surface area (Å²) in [6, 6.07) is 5.65. The Morgan fingerprint density at radius 3 is 2.80 bits per heavy atom. The number of hydrogen-bond donors (Lipinski definition) is 1. The van der Waals surface area contributed by atoms with Gasteiger partial charge in [-0.1, -0.05) is 18.9 Å². The van der Waals surface area contributed by atoms with Crippen molar-refractivity contribution in [2.45, 2.75) is 45.2 Å². The van der Waals surface area contributed by atoms with Crippen molar-refractivity contribution in [1.29, 1.82) is 0 Å². The molecule has 1 fully saturated rings. The Kier molecular flexibility index (Phi) is 3.37. The van der Waals surface area contributed by atoms with Gasteiger partial charge in [0.05, 0.1) is 0 Å². The summed E-state index contributed by atoms with van der Waals surface area (Å²) in [6.07, 6.45) is 5.21. The van der Waals surface area contributed by atoms with E-state index in [1.165, 1.54) is 37.3 Å². The van der Waals surface area contributed by atoms with Crippen LogP contribution in [0.4, 0.5) is 4.39 Å². The predicted octanol–water partition coefficient (Wildman–Crippen LogP) is 3.17. The van der Waals surface area contributed by atoms with Gasteiger partial charge in [0.2, 0.25) is 0 Å². The molecule has 1 aliphatic rings. The highest BCUT2D eigenvalue weighted by atomic mass is 19.1. The third-order valence-electron chi connectivity index (χ3n) is 3.25. The van der Waals surface area contributed by atoms with Gasteiger partial charge < -0.3 is 5.32 Å². The van der Waals surface area contributed by atoms with Crippen molar-refractivity contribution in [3.8, 4) is 0 Å². The maximum Gasteiger partial charge on any atom is 0.123 e. The van der Waals surface area contributed by atoms with Gasteiger partial charge in [-0.2, -0.15) is 0 Å². The highest BCUT2D eigenvalue weighted by Gasteiger charge is 2.14. The summed E-state index contributed by atoms with van der Waals surface area (Å²) in [6.45, 7) is 2.83. The summed E-state index contributed by atoms with van der Waals surface area (Å²) in [5, 5.41) is 3.50. The second-order valence-electron chi connectivity index (χ2n) is 4.43. The molecule has 1 aliphatic carbocycles. The van der Waals surface area contributed by atoms with Gasteiger partial charge in [-0.05, 0) is 43.0 Å². The second kappa shape index (κ2) is 4.75. The summed E-state index contributed by atoms with van der Waals surface area (Å²) < 4.78 is 13.0. The molecular formula is C13H18FN. The summed E-state index contributed by atoms with van der Waals surface area (Å²) >= 11 is 0. The minimum Gasteiger partial charge on any atom is -0.310 e. The first-order chi connectivity index (χ1) is 7.25. The minimum atomic E-state index is -0.135. The fourth-order valence-electron chi connectivity index (χ4n) is 2.21. The van der Waals surface area contributed by atoms with E-state index in [1.54, 1.807) is 6.07 Å². The molecule has 1 saturated carbocycles. The van der Waals surface area contributed by atoms with Crippen molar-refractivity contribution in [3.63, 3.8) is 0 Å². The SMILES string of the molecule is Cc1ccc(F)cc1CNC1CCCC1. The lowest BCUT2D eigenvalue weighted by Gasteiger charge is -2.13. The predicted molar refractivity (Wildman–Crippen MR) is 60.2 cm³/mol. The lowest BCUT2D eigenvalue weighted by atomic mass is 10.1. The van der Waals surface area contributed by atoms with Crippen LogP contribution in [0.5, 0.6) is 0 Å². The minimum absolute atomic E-state index is 0.135. The first kappa shape index (κ1) is 10.6. The summed E-state index contributed by atoms with van der Waals surface area (Å²) in [7, 11) is 0. The lowest BCUT2D eigenvalue weighted by Crippen LogP contribution is -2.25. The number of halogens is 1. The van der Waals surface area contributed by atoms with Crippen LogP contribution in [0.15, 0.2) is 18.2 Å². The van der Waals surface area contributed by atoms with Crippen LogP contribution in [0.25, 0.3) is 0 Å². The van der Waals surface area contributed by atoms with Crippen LogP contribution in [0.1, 0.15) is 36.8 Å². The first-order valence-corrected chi connectivity index (χ1v) is 5.74. The van der Waals surface area contributed by atoms with Crippen molar-refractivity contribution in [2.24, 2.45) is 0 Å². The molecule has 0 aliphatic heterocycles. The van der Waals surface area contributed by atoms with Crippen molar-refractivity contribution < 1.29 is 4.39 Å². The van der Waals surface area contributed by atoms with Gasteiger partial charge in [0.15, 0.2) is 0 Å². The highest BCUT2D eigenvalue weighted by Crippen LogP contribution is 2.18. The molecule has 1 nitrogen and oxygen atoms in total. The largest absolute Gasteiger partial charge is 0.310 e. The number of hydrogen-bond acceptors (Lipinski definition) is 1. The highest BCUT2D eigenvalue weighted by molar-refractivity contribution is 5.26. The number of rotatable bonds is 3. The normalized spacial score (nSPS) is 17.2. The molecule has 0 aromatic heterocycles. The van der Waals surface area contributed by atoms with E-state index in [4.69, 9.17) is 0 Å². The van der Waals surface area contributed by atoms with Crippen molar-refractivity contribution in [1.82, 2.24) is 5.32 Å². The smallest absolute Gasteiger partial charge is 0.123 e. The van der Waals surface area contributed by atoms with E-state index in [9.17, 15) is 4.39 Å². The fraction of sp³-hybridized carbons (Fsp3) is 0.538. The Morgan fingerprint density at radius 2 is 2.07 bits per heavy atom. The summed E-state index contributed by atoms with van der Waals surface area (Å²) in [5.41, 5.74) is 2.25. The van der Waals surface area contributed by atoms with Gasteiger partial charge in [0.25, 0.3) is 0 Å². The number of nitrogens with one attached hydrogen (secondary N) is 1. The van der Waals surface area contributed by atoms with E-state index in [0.29, 0.717) is 6.04 Å². The quantitative estimate of drug-likeness (QED) is 0.802. The van der Waals surface area contributed by atoms with Gasteiger partial charge in [-0.15, -0.1) is 0 Å². The van der Waals surface area contributed by atoms with E-state index in [1.807, 2.05) is 13.0 Å². The standard InChI is InChI=1S/C13H18FN/c1-10-6-7-12(14)8-11(10)9-15-13-4-2-3-5-13/h6-8,13,15H,2-5,9H2,1H3. The maximum atomic E-state index is 13.0. The first-order valence-electron chi connectivity index (χ1n) is 5.74. The molecule has 82 valence electrons. The molecule has 0 unspecified atom stereocenters. The van der Waals surface area contributed by atoms with Crippen molar-refractivity contribution in [2.75, 3.05) is 0 Å². The van der Waals surface area contributed by atoms with E-state index >= 15 is 0 Å². The Hall–Kier alpha value is -0.890. The molecule has 0 heterocycles. The molecule has 2 rings (SSSR count). The van der Waals surface area contributed by atoms with Gasteiger partial charge in [0, 0.05) is 12.6 Å². The van der Waals surface area contributed by atoms with Gasteiger partial charge >= 0.3 is 0 Å². The monoisotopic (exact) mass is 207 g/mol. The molecule has 0 radical (unpaired) electrons. The van der Waals surface area contributed by atoms with Crippen LogP contribution < -0.4 is 5.32 Å². The Bertz CT molecular complexity index is 329. The fourth-order valence-corrected chi connectivity index (χ4v) is 2.21. The van der Waals surface area contributed by atoms with E-state index < -0.39 is 0 Å². The zero-order chi connectivity index (χ0) is 10.7. The molecule has 0 bridgehead atoms. The van der Waals surface area contributed by atoms with Crippen molar-refractivity contribution in [3.05, 3.63) is 35.1 Å². The van der Waals surface area contributed by atoms with Crippen LogP contribution in [-0.4, -0.2) is 6.04 Å². The van der Waals surface area contributed by atoms with Crippen LogP contribution in [0.3, 0.4) is 0 Å². The topological polar surface area (TPSA) is 12.0 Å². The van der Waals surface area contributed by atoms with Gasteiger partial charge in [0.1, 0.15) is 5.82 Å². The Labute approximate surface area is 90.7 Å². The van der Waals surface area contributed by atoms with E-state index in [-0.39, 0.29) is 5.82 Å². The molecule has 1 aromatic rings. The third-order valence-corrected chi connectivity index (χ3v) is 3.25. The average Bonchev–Trinajstić information content (AvgIpc) is 2.72. The van der Waals surface area contributed by atoms with Crippen LogP contribution in [-0.2, 0) is 6.54 Å². The zero-order valence-electron chi connectivity index (χ0n) is 9.22. The molecule has 0 saturated heterocycles. The Morgan fingerprint density at radius 1 is 1.33 bits per heavy atom. The zero-order valence-corrected chi connectivity index (χ0v) is 9.22. The van der Waals surface area contributed by atoms with E-state index in [2.05, 4.69) is 5.32 Å². The van der Waals surface area contributed by atoms with E-state index in [0.717, 1.165) is 12.1 Å². The maximum absolute atomic E-state index is 13.0. The third kappa shape index (κ3) is 2.78. The lowest BCUT2D eigenvalue weighted by molar-refractivity contribution is 0.521. The molecule has 0 amide bonds. The molecular weight excluding hydrogens is 189 g/mol. The molecule has 2 heteroatoms. The van der Waals surface area contributed by atoms with Crippen LogP contribution in [0, 0.1) is 12.7 Å². The van der Waals surface area contributed by atoms with Crippen molar-refractivity contribution >= 4 is 0 Å². The average molecular weight is 207 g/mol. The summed E-state index contributed by atoms with van der Waals surface area (Å²) in [4.78, 5) is 0. The second-order valence-corrected chi connectivity index (χ2v) is 4.43. The molecule has 0 atom stereocenters. The molecule has 1 N–H and O–H groups in total. The molecule has 15 heavy (non-hydrogen) atoms. The van der Waals surface area contributed by atoms with Crippen LogP contribution >= 0.6 is 0 Å². The van der Waals surface area contributed by atoms with Gasteiger partial charge in [-0.25, -0.2) is 4.39 Å². The van der Waals surface area contributed by atoms with Crippen LogP contribution in [0.2, 0.25) is 0 Å². The van der Waals surface area contributed by atoms with Gasteiger partial charge in [-0.3, -0.25) is 0 Å².